The number of alkyl halides is 3. The van der Waals surface area contributed by atoms with E-state index in [2.05, 4.69) is 10.0 Å². The third-order valence-corrected chi connectivity index (χ3v) is 7.11. The molecule has 13 heteroatoms. The number of thiophene rings is 1. The number of methoxy groups -OCH3 is 1. The second kappa shape index (κ2) is 11.7. The van der Waals surface area contributed by atoms with Gasteiger partial charge in [-0.2, -0.15) is 13.2 Å². The lowest BCUT2D eigenvalue weighted by molar-refractivity contribution is -0.175. The van der Waals surface area contributed by atoms with Gasteiger partial charge in [0.2, 0.25) is 11.8 Å². The molecule has 3 atom stereocenters. The van der Waals surface area contributed by atoms with Crippen LogP contribution in [-0.4, -0.2) is 67.1 Å². The monoisotopic (exact) mass is 515 g/mol. The Morgan fingerprint density at radius 1 is 1.34 bits per heavy atom. The number of ketones is 1. The van der Waals surface area contributed by atoms with Crippen molar-refractivity contribution in [2.45, 2.75) is 55.2 Å². The van der Waals surface area contributed by atoms with E-state index in [9.17, 15) is 27.6 Å². The molecule has 2 heterocycles. The largest absolute Gasteiger partial charge is 0.452 e. The molecular formula is C19H25ClF3N3O4S2. The molecule has 32 heavy (non-hydrogen) atoms. The van der Waals surface area contributed by atoms with Crippen molar-refractivity contribution >= 4 is 52.5 Å². The van der Waals surface area contributed by atoms with Crippen molar-refractivity contribution in [3.8, 4) is 0 Å². The summed E-state index contributed by atoms with van der Waals surface area (Å²) in [7, 11) is 1.43. The normalized spacial score (nSPS) is 18.6. The van der Waals surface area contributed by atoms with Crippen molar-refractivity contribution in [2.75, 3.05) is 20.3 Å². The lowest BCUT2D eigenvalue weighted by atomic mass is 9.98. The summed E-state index contributed by atoms with van der Waals surface area (Å²) in [4.78, 5) is 38.9. The van der Waals surface area contributed by atoms with E-state index in [4.69, 9.17) is 16.3 Å². The van der Waals surface area contributed by atoms with Gasteiger partial charge in [0.25, 0.3) is 5.78 Å². The minimum Gasteiger partial charge on any atom is -0.382 e. The maximum atomic E-state index is 13.1. The van der Waals surface area contributed by atoms with Crippen LogP contribution in [0.5, 0.6) is 0 Å². The van der Waals surface area contributed by atoms with E-state index >= 15 is 0 Å². The van der Waals surface area contributed by atoms with Crippen LogP contribution in [0.2, 0.25) is 4.34 Å². The van der Waals surface area contributed by atoms with Crippen LogP contribution in [0.1, 0.15) is 26.7 Å². The minimum atomic E-state index is -5.07. The van der Waals surface area contributed by atoms with E-state index in [1.807, 2.05) is 0 Å². The molecule has 0 radical (unpaired) electrons. The summed E-state index contributed by atoms with van der Waals surface area (Å²) in [6.45, 7) is 3.13. The Hall–Kier alpha value is -1.34. The van der Waals surface area contributed by atoms with E-state index < -0.39 is 47.8 Å². The molecule has 0 aromatic carbocycles. The number of nitrogens with zero attached hydrogens (tertiary/aromatic N) is 1. The zero-order valence-corrected chi connectivity index (χ0v) is 20.1. The molecule has 7 nitrogen and oxygen atoms in total. The molecule has 1 fully saturated rings. The highest BCUT2D eigenvalue weighted by atomic mass is 35.5. The van der Waals surface area contributed by atoms with E-state index in [0.717, 1.165) is 4.21 Å². The third-order valence-electron chi connectivity index (χ3n) is 4.85. The van der Waals surface area contributed by atoms with Crippen LogP contribution in [0.25, 0.3) is 0 Å². The van der Waals surface area contributed by atoms with E-state index in [1.54, 1.807) is 12.1 Å². The predicted octanol–water partition coefficient (Wildman–Crippen LogP) is 3.28. The summed E-state index contributed by atoms with van der Waals surface area (Å²) < 4.78 is 48.3. The van der Waals surface area contributed by atoms with Crippen LogP contribution in [0, 0.1) is 5.92 Å². The van der Waals surface area contributed by atoms with Crippen molar-refractivity contribution in [3.63, 3.8) is 0 Å². The number of amides is 2. The molecule has 1 aromatic rings. The first-order valence-electron chi connectivity index (χ1n) is 9.84. The number of Topliss-reactive ketones (excluding diaryl/α,β-unsaturated/α-hetero) is 1. The number of hydrogen-bond donors (Lipinski definition) is 2. The summed E-state index contributed by atoms with van der Waals surface area (Å²) >= 11 is 8.43. The van der Waals surface area contributed by atoms with Gasteiger partial charge in [-0.05, 0) is 42.8 Å². The highest BCUT2D eigenvalue weighted by molar-refractivity contribution is 7.99. The fraction of sp³-hybridized carbons (Fsp3) is 0.632. The fourth-order valence-electron chi connectivity index (χ4n) is 3.27. The number of halogens is 4. The van der Waals surface area contributed by atoms with Crippen molar-refractivity contribution in [1.82, 2.24) is 14.9 Å². The third kappa shape index (κ3) is 7.08. The molecule has 1 aliphatic heterocycles. The molecular weight excluding hydrogens is 491 g/mol. The lowest BCUT2D eigenvalue weighted by Crippen LogP contribution is -2.57. The van der Waals surface area contributed by atoms with Gasteiger partial charge in [0, 0.05) is 13.7 Å². The van der Waals surface area contributed by atoms with Gasteiger partial charge in [-0.25, -0.2) is 4.72 Å². The zero-order valence-electron chi connectivity index (χ0n) is 17.7. The molecule has 180 valence electrons. The Morgan fingerprint density at radius 2 is 2.03 bits per heavy atom. The summed E-state index contributed by atoms with van der Waals surface area (Å²) in [6.07, 6.45) is -4.27. The van der Waals surface area contributed by atoms with E-state index in [1.165, 1.54) is 49.1 Å². The Kier molecular flexibility index (Phi) is 9.83. The number of carbonyl (C=O) groups is 3. The van der Waals surface area contributed by atoms with Crippen molar-refractivity contribution in [2.24, 2.45) is 5.92 Å². The Morgan fingerprint density at radius 3 is 2.56 bits per heavy atom. The Labute approximate surface area is 197 Å². The number of likely N-dealkylation sites (tertiary alicyclic amines) is 1. The van der Waals surface area contributed by atoms with E-state index in [-0.39, 0.29) is 19.6 Å². The molecule has 2 N–H and O–H groups in total. The number of carbonyl (C=O) groups excluding carboxylic acids is 3. The summed E-state index contributed by atoms with van der Waals surface area (Å²) in [6, 6.07) is 0.0306. The summed E-state index contributed by atoms with van der Waals surface area (Å²) in [5.41, 5.74) is 0. The van der Waals surface area contributed by atoms with Gasteiger partial charge in [-0.1, -0.05) is 25.4 Å². The van der Waals surface area contributed by atoms with Crippen LogP contribution < -0.4 is 10.0 Å². The maximum absolute atomic E-state index is 13.1. The second-order valence-corrected chi connectivity index (χ2v) is 10.4. The fourth-order valence-corrected chi connectivity index (χ4v) is 5.33. The molecule has 0 aliphatic carbocycles. The molecule has 0 spiro atoms. The summed E-state index contributed by atoms with van der Waals surface area (Å²) in [5, 5.41) is 2.21. The SMILES string of the molecule is COC[C@H](NSc1ccc(Cl)s1)C(=O)N1CCCC1C(=O)N[C@H](C(=O)C(F)(F)F)C(C)C. The van der Waals surface area contributed by atoms with Crippen LogP contribution >= 0.6 is 34.9 Å². The average molecular weight is 516 g/mol. The summed E-state index contributed by atoms with van der Waals surface area (Å²) in [5.74, 6) is -3.97. The van der Waals surface area contributed by atoms with Gasteiger partial charge in [0.1, 0.15) is 12.1 Å². The van der Waals surface area contributed by atoms with Gasteiger partial charge in [0.05, 0.1) is 21.2 Å². The van der Waals surface area contributed by atoms with Gasteiger partial charge < -0.3 is 15.0 Å². The number of rotatable bonds is 10. The maximum Gasteiger partial charge on any atom is 0.452 e. The minimum absolute atomic E-state index is 0.0248. The predicted molar refractivity (Wildman–Crippen MR) is 117 cm³/mol. The van der Waals surface area contributed by atoms with Gasteiger partial charge in [-0.15, -0.1) is 11.3 Å². The highest BCUT2D eigenvalue weighted by Crippen LogP contribution is 2.29. The van der Waals surface area contributed by atoms with Crippen molar-refractivity contribution in [3.05, 3.63) is 16.5 Å². The highest BCUT2D eigenvalue weighted by Gasteiger charge is 2.46. The molecule has 1 saturated heterocycles. The molecule has 1 unspecified atom stereocenters. The number of ether oxygens (including phenoxy) is 1. The molecule has 1 aliphatic rings. The Bertz CT molecular complexity index is 822. The number of hydrogen-bond acceptors (Lipinski definition) is 7. The van der Waals surface area contributed by atoms with Crippen molar-refractivity contribution in [1.29, 1.82) is 0 Å². The number of nitrogens with one attached hydrogen (secondary N) is 2. The van der Waals surface area contributed by atoms with E-state index in [0.29, 0.717) is 10.8 Å². The van der Waals surface area contributed by atoms with Crippen LogP contribution in [0.15, 0.2) is 16.3 Å². The first kappa shape index (κ1) is 26.9. The van der Waals surface area contributed by atoms with Gasteiger partial charge >= 0.3 is 6.18 Å². The van der Waals surface area contributed by atoms with Crippen molar-refractivity contribution < 1.29 is 32.3 Å². The topological polar surface area (TPSA) is 87.7 Å². The van der Waals surface area contributed by atoms with Crippen LogP contribution in [0.4, 0.5) is 13.2 Å². The Balaban J connectivity index is 2.09. The first-order valence-corrected chi connectivity index (χ1v) is 11.8. The molecule has 0 bridgehead atoms. The van der Waals surface area contributed by atoms with Gasteiger partial charge in [-0.3, -0.25) is 14.4 Å². The molecule has 0 saturated carbocycles. The quantitative estimate of drug-likeness (QED) is 0.465. The lowest BCUT2D eigenvalue weighted by Gasteiger charge is -2.30. The average Bonchev–Trinajstić information content (AvgIpc) is 3.36. The van der Waals surface area contributed by atoms with Crippen LogP contribution in [-0.2, 0) is 19.1 Å². The van der Waals surface area contributed by atoms with Crippen LogP contribution in [0.3, 0.4) is 0 Å². The second-order valence-electron chi connectivity index (χ2n) is 7.57. The smallest absolute Gasteiger partial charge is 0.382 e. The molecule has 2 rings (SSSR count). The first-order chi connectivity index (χ1) is 15.0. The molecule has 2 amide bonds. The zero-order chi connectivity index (χ0) is 24.1. The molecule has 1 aromatic heterocycles. The standard InChI is InChI=1S/C19H25ClF3N3O4S2/c1-10(2)15(16(27)19(21,22)23)24-17(28)12-5-4-8-26(12)18(29)11(9-30-3)25-32-14-7-6-13(20)31-14/h6-7,10-12,15,25H,4-5,8-9H2,1-3H3,(H,24,28)/t11-,12?,15-/m0/s1. The van der Waals surface area contributed by atoms with Gasteiger partial charge in [0.15, 0.2) is 0 Å².